The second kappa shape index (κ2) is 7.33. The Bertz CT molecular complexity index is 717. The zero-order valence-corrected chi connectivity index (χ0v) is 15.9. The summed E-state index contributed by atoms with van der Waals surface area (Å²) in [5, 5.41) is 2.90. The van der Waals surface area contributed by atoms with Gasteiger partial charge in [-0.2, -0.15) is 0 Å². The Morgan fingerprint density at radius 3 is 2.25 bits per heavy atom. The summed E-state index contributed by atoms with van der Waals surface area (Å²) < 4.78 is 34.3. The van der Waals surface area contributed by atoms with Crippen molar-refractivity contribution >= 4 is 26.5 Å². The Hall–Kier alpha value is -1.25. The van der Waals surface area contributed by atoms with Crippen molar-refractivity contribution in [1.29, 1.82) is 0 Å². The van der Waals surface area contributed by atoms with Gasteiger partial charge in [0.05, 0.1) is 4.90 Å². The van der Waals surface area contributed by atoms with Gasteiger partial charge in [0.25, 0.3) is 5.91 Å². The van der Waals surface area contributed by atoms with E-state index in [1.165, 1.54) is 24.3 Å². The van der Waals surface area contributed by atoms with Crippen LogP contribution in [-0.4, -0.2) is 66.4 Å². The van der Waals surface area contributed by atoms with Gasteiger partial charge in [-0.1, -0.05) is 0 Å². The molecule has 0 spiro atoms. The van der Waals surface area contributed by atoms with Crippen LogP contribution in [0.3, 0.4) is 0 Å². The van der Waals surface area contributed by atoms with E-state index >= 15 is 0 Å². The fourth-order valence-electron chi connectivity index (χ4n) is 2.61. The summed E-state index contributed by atoms with van der Waals surface area (Å²) in [4.78, 5) is 14.7. The first-order valence-electron chi connectivity index (χ1n) is 7.78. The van der Waals surface area contributed by atoms with Crippen LogP contribution in [0.5, 0.6) is 0 Å². The molecular formula is C16H24N2O4S2. The van der Waals surface area contributed by atoms with E-state index in [9.17, 15) is 17.4 Å². The van der Waals surface area contributed by atoms with Gasteiger partial charge in [-0.3, -0.25) is 13.9 Å². The van der Waals surface area contributed by atoms with Crippen LogP contribution >= 0.6 is 0 Å². The van der Waals surface area contributed by atoms with Crippen LogP contribution < -0.4 is 5.32 Å². The third kappa shape index (κ3) is 4.87. The minimum atomic E-state index is -3.26. The number of sulfone groups is 1. The van der Waals surface area contributed by atoms with Crippen LogP contribution in [0.25, 0.3) is 0 Å². The van der Waals surface area contributed by atoms with Gasteiger partial charge in [-0.05, 0) is 38.1 Å². The molecule has 24 heavy (non-hydrogen) atoms. The van der Waals surface area contributed by atoms with Crippen molar-refractivity contribution in [1.82, 2.24) is 10.2 Å². The molecule has 8 heteroatoms. The summed E-state index contributed by atoms with van der Waals surface area (Å²) in [7, 11) is -3.99. The van der Waals surface area contributed by atoms with Gasteiger partial charge in [-0.15, -0.1) is 0 Å². The zero-order valence-electron chi connectivity index (χ0n) is 14.2. The van der Waals surface area contributed by atoms with Gasteiger partial charge in [0.15, 0.2) is 9.84 Å². The topological polar surface area (TPSA) is 83.6 Å². The van der Waals surface area contributed by atoms with Crippen LogP contribution in [0.1, 0.15) is 24.2 Å². The Labute approximate surface area is 146 Å². The largest absolute Gasteiger partial charge is 0.350 e. The number of hydrogen-bond donors (Lipinski definition) is 1. The molecule has 134 valence electrons. The Balaban J connectivity index is 1.95. The molecule has 1 fully saturated rings. The van der Waals surface area contributed by atoms with E-state index in [1.807, 2.05) is 13.8 Å². The molecular weight excluding hydrogens is 348 g/mol. The lowest BCUT2D eigenvalue weighted by atomic mass is 10.0. The van der Waals surface area contributed by atoms with Crippen molar-refractivity contribution in [2.75, 3.05) is 37.4 Å². The Morgan fingerprint density at radius 2 is 1.75 bits per heavy atom. The number of nitrogens with zero attached hydrogens (tertiary/aromatic N) is 1. The summed E-state index contributed by atoms with van der Waals surface area (Å²) >= 11 is 0. The summed E-state index contributed by atoms with van der Waals surface area (Å²) in [6.07, 6.45) is 1.14. The van der Waals surface area contributed by atoms with Crippen molar-refractivity contribution in [3.8, 4) is 0 Å². The normalized spacial score (nSPS) is 17.6. The molecule has 1 aromatic carbocycles. The molecule has 2 rings (SSSR count). The first-order valence-corrected chi connectivity index (χ1v) is 11.2. The average Bonchev–Trinajstić information content (AvgIpc) is 2.52. The Kier molecular flexibility index (Phi) is 5.83. The van der Waals surface area contributed by atoms with Gasteiger partial charge >= 0.3 is 0 Å². The van der Waals surface area contributed by atoms with Crippen molar-refractivity contribution < 1.29 is 17.4 Å². The maximum atomic E-state index is 12.3. The first-order chi connectivity index (χ1) is 11.1. The molecule has 0 unspecified atom stereocenters. The third-order valence-electron chi connectivity index (χ3n) is 4.26. The number of nitrogens with one attached hydrogen (secondary N) is 1. The van der Waals surface area contributed by atoms with Crippen LogP contribution in [-0.2, 0) is 20.6 Å². The van der Waals surface area contributed by atoms with E-state index in [1.54, 1.807) is 0 Å². The maximum Gasteiger partial charge on any atom is 0.251 e. The number of rotatable bonds is 5. The summed E-state index contributed by atoms with van der Waals surface area (Å²) in [5.74, 6) is 1.11. The minimum absolute atomic E-state index is 0.195. The highest BCUT2D eigenvalue weighted by molar-refractivity contribution is 7.90. The number of carbonyl (C=O) groups is 1. The molecule has 6 nitrogen and oxygen atoms in total. The van der Waals surface area contributed by atoms with Crippen molar-refractivity contribution in [3.63, 3.8) is 0 Å². The predicted octanol–water partition coefficient (Wildman–Crippen LogP) is 0.663. The molecule has 0 atom stereocenters. The number of hydrogen-bond acceptors (Lipinski definition) is 5. The van der Waals surface area contributed by atoms with Crippen LogP contribution in [0.2, 0.25) is 0 Å². The molecule has 1 aliphatic rings. The second-order valence-corrected chi connectivity index (χ2v) is 10.3. The quantitative estimate of drug-likeness (QED) is 0.821. The molecule has 1 aliphatic heterocycles. The highest BCUT2D eigenvalue weighted by Crippen LogP contribution is 2.16. The van der Waals surface area contributed by atoms with E-state index in [0.29, 0.717) is 23.6 Å². The number of carbonyl (C=O) groups excluding carboxylic acids is 1. The summed E-state index contributed by atoms with van der Waals surface area (Å²) in [5.41, 5.74) is 0.199. The van der Waals surface area contributed by atoms with E-state index in [2.05, 4.69) is 10.2 Å². The molecule has 1 aromatic rings. The highest BCUT2D eigenvalue weighted by atomic mass is 32.2. The smallest absolute Gasteiger partial charge is 0.251 e. The molecule has 1 saturated heterocycles. The lowest BCUT2D eigenvalue weighted by molar-refractivity contribution is 0.0883. The molecule has 0 radical (unpaired) electrons. The third-order valence-corrected chi connectivity index (χ3v) is 6.66. The van der Waals surface area contributed by atoms with E-state index < -0.39 is 20.6 Å². The van der Waals surface area contributed by atoms with Crippen LogP contribution in [0.4, 0.5) is 0 Å². The van der Waals surface area contributed by atoms with Crippen molar-refractivity contribution in [2.45, 2.75) is 24.3 Å². The molecule has 1 amide bonds. The van der Waals surface area contributed by atoms with E-state index in [0.717, 1.165) is 19.3 Å². The fraction of sp³-hybridized carbons (Fsp3) is 0.562. The predicted molar refractivity (Wildman–Crippen MR) is 95.4 cm³/mol. The average molecular weight is 373 g/mol. The second-order valence-electron chi connectivity index (χ2n) is 6.63. The highest BCUT2D eigenvalue weighted by Gasteiger charge is 2.30. The van der Waals surface area contributed by atoms with E-state index in [4.69, 9.17) is 0 Å². The standard InChI is InChI=1S/C16H24N2O4S2/c1-16(2,18-8-10-23(20)11-9-18)12-17-15(19)13-4-6-14(7-5-13)24(3,21)22/h4-7H,8-12H2,1-3H3,(H,17,19). The zero-order chi connectivity index (χ0) is 18.0. The van der Waals surface area contributed by atoms with Gasteiger partial charge in [0.2, 0.25) is 0 Å². The van der Waals surface area contributed by atoms with Gasteiger partial charge in [0.1, 0.15) is 0 Å². The molecule has 1 N–H and O–H groups in total. The lowest BCUT2D eigenvalue weighted by Gasteiger charge is -2.40. The SMILES string of the molecule is CC(C)(CNC(=O)c1ccc(S(C)(=O)=O)cc1)N1CCS(=O)CC1. The molecule has 0 aliphatic carbocycles. The van der Waals surface area contributed by atoms with Crippen LogP contribution in [0.15, 0.2) is 29.2 Å². The monoisotopic (exact) mass is 372 g/mol. The number of amides is 1. The minimum Gasteiger partial charge on any atom is -0.350 e. The summed E-state index contributed by atoms with van der Waals surface area (Å²) in [6, 6.07) is 5.91. The maximum absolute atomic E-state index is 12.3. The molecule has 0 bridgehead atoms. The van der Waals surface area contributed by atoms with Gasteiger partial charge in [-0.25, -0.2) is 8.42 Å². The fourth-order valence-corrected chi connectivity index (χ4v) is 4.29. The summed E-state index contributed by atoms with van der Waals surface area (Å²) in [6.45, 7) is 6.09. The molecule has 0 saturated carbocycles. The van der Waals surface area contributed by atoms with Gasteiger partial charge < -0.3 is 5.32 Å². The van der Waals surface area contributed by atoms with Crippen LogP contribution in [0, 0.1) is 0 Å². The lowest BCUT2D eigenvalue weighted by Crippen LogP contribution is -2.55. The molecule has 1 heterocycles. The van der Waals surface area contributed by atoms with Crippen molar-refractivity contribution in [2.24, 2.45) is 0 Å². The van der Waals surface area contributed by atoms with Gasteiger partial charge in [0, 0.05) is 59.3 Å². The van der Waals surface area contributed by atoms with Crippen molar-refractivity contribution in [3.05, 3.63) is 29.8 Å². The van der Waals surface area contributed by atoms with E-state index in [-0.39, 0.29) is 16.3 Å². The Morgan fingerprint density at radius 1 is 1.21 bits per heavy atom. The molecule has 0 aromatic heterocycles. The number of benzene rings is 1. The first kappa shape index (κ1) is 19.1.